The lowest BCUT2D eigenvalue weighted by Gasteiger charge is -2.10. The summed E-state index contributed by atoms with van der Waals surface area (Å²) in [4.78, 5) is 22.2. The van der Waals surface area contributed by atoms with Crippen molar-refractivity contribution in [2.24, 2.45) is 11.0 Å². The molecule has 0 aliphatic heterocycles. The molecule has 0 heterocycles. The van der Waals surface area contributed by atoms with Gasteiger partial charge < -0.3 is 0 Å². The molecular formula is C17H17N3O3. The van der Waals surface area contributed by atoms with Crippen LogP contribution in [0.3, 0.4) is 0 Å². The van der Waals surface area contributed by atoms with Crippen molar-refractivity contribution in [1.82, 2.24) is 5.43 Å². The predicted octanol–water partition coefficient (Wildman–Crippen LogP) is 3.38. The summed E-state index contributed by atoms with van der Waals surface area (Å²) < 4.78 is 0. The van der Waals surface area contributed by atoms with Gasteiger partial charge in [0.05, 0.1) is 10.6 Å². The fourth-order valence-electron chi connectivity index (χ4n) is 2.05. The molecule has 0 fully saturated rings. The van der Waals surface area contributed by atoms with Crippen LogP contribution in [0.1, 0.15) is 29.8 Å². The summed E-state index contributed by atoms with van der Waals surface area (Å²) in [7, 11) is 0. The lowest BCUT2D eigenvalue weighted by Crippen LogP contribution is -2.22. The molecule has 0 aromatic heterocycles. The van der Waals surface area contributed by atoms with E-state index < -0.39 is 10.8 Å². The molecule has 0 unspecified atom stereocenters. The van der Waals surface area contributed by atoms with Gasteiger partial charge in [0, 0.05) is 17.7 Å². The zero-order valence-corrected chi connectivity index (χ0v) is 12.9. The van der Waals surface area contributed by atoms with Crippen molar-refractivity contribution in [3.8, 4) is 0 Å². The highest BCUT2D eigenvalue weighted by molar-refractivity contribution is 6.03. The van der Waals surface area contributed by atoms with E-state index in [0.717, 1.165) is 11.3 Å². The first-order valence-corrected chi connectivity index (χ1v) is 7.17. The highest BCUT2D eigenvalue weighted by Crippen LogP contribution is 2.12. The molecular weight excluding hydrogens is 294 g/mol. The Kier molecular flexibility index (Phi) is 5.19. The Hall–Kier alpha value is -3.02. The van der Waals surface area contributed by atoms with E-state index in [9.17, 15) is 14.9 Å². The van der Waals surface area contributed by atoms with Crippen LogP contribution in [0, 0.1) is 16.0 Å². The fourth-order valence-corrected chi connectivity index (χ4v) is 2.05. The second-order valence-electron chi connectivity index (χ2n) is 5.26. The quantitative estimate of drug-likeness (QED) is 0.522. The summed E-state index contributed by atoms with van der Waals surface area (Å²) in [5, 5.41) is 14.8. The van der Waals surface area contributed by atoms with Gasteiger partial charge >= 0.3 is 0 Å². The number of hydrogen-bond acceptors (Lipinski definition) is 4. The van der Waals surface area contributed by atoms with Gasteiger partial charge in [-0.3, -0.25) is 14.9 Å². The molecule has 1 amide bonds. The molecule has 2 aromatic rings. The van der Waals surface area contributed by atoms with Crippen molar-refractivity contribution in [1.29, 1.82) is 0 Å². The number of carbonyl (C=O) groups excluding carboxylic acids is 1. The summed E-state index contributed by atoms with van der Waals surface area (Å²) in [5.41, 5.74) is 4.47. The predicted molar refractivity (Wildman–Crippen MR) is 88.4 cm³/mol. The van der Waals surface area contributed by atoms with E-state index in [4.69, 9.17) is 0 Å². The third kappa shape index (κ3) is 4.23. The van der Waals surface area contributed by atoms with Crippen molar-refractivity contribution < 1.29 is 9.72 Å². The van der Waals surface area contributed by atoms with Gasteiger partial charge in [0.2, 0.25) is 0 Å². The van der Waals surface area contributed by atoms with Crippen molar-refractivity contribution in [3.63, 3.8) is 0 Å². The molecule has 0 spiro atoms. The van der Waals surface area contributed by atoms with Crippen molar-refractivity contribution in [2.45, 2.75) is 13.8 Å². The average Bonchev–Trinajstić information content (AvgIpc) is 2.55. The normalized spacial score (nSPS) is 11.3. The molecule has 0 saturated heterocycles. The maximum Gasteiger partial charge on any atom is 0.271 e. The van der Waals surface area contributed by atoms with Crippen LogP contribution in [-0.2, 0) is 0 Å². The molecule has 6 nitrogen and oxygen atoms in total. The molecule has 0 aliphatic carbocycles. The monoisotopic (exact) mass is 311 g/mol. The Bertz CT molecular complexity index is 723. The summed E-state index contributed by atoms with van der Waals surface area (Å²) >= 11 is 0. The minimum absolute atomic E-state index is 0.0581. The number of carbonyl (C=O) groups is 1. The van der Waals surface area contributed by atoms with Crippen LogP contribution < -0.4 is 5.43 Å². The lowest BCUT2D eigenvalue weighted by atomic mass is 10.0. The molecule has 2 aromatic carbocycles. The van der Waals surface area contributed by atoms with Gasteiger partial charge in [-0.1, -0.05) is 44.2 Å². The number of nitrogens with one attached hydrogen (secondary N) is 1. The van der Waals surface area contributed by atoms with E-state index in [1.165, 1.54) is 24.3 Å². The fraction of sp³-hybridized carbons (Fsp3) is 0.176. The van der Waals surface area contributed by atoms with Gasteiger partial charge in [-0.05, 0) is 23.6 Å². The summed E-state index contributed by atoms with van der Waals surface area (Å²) in [5.74, 6) is -0.275. The number of rotatable bonds is 5. The first-order valence-electron chi connectivity index (χ1n) is 7.17. The van der Waals surface area contributed by atoms with Gasteiger partial charge in [-0.2, -0.15) is 5.10 Å². The largest absolute Gasteiger partial charge is 0.271 e. The standard InChI is InChI=1S/C17H17N3O3/c1-12(2)16(13-6-4-3-5-7-13)18-19-17(21)14-8-10-15(11-9-14)20(22)23/h3-12H,1-2H3,(H,19,21)/b18-16-. The molecule has 1 N–H and O–H groups in total. The molecule has 6 heteroatoms. The van der Waals surface area contributed by atoms with Crippen LogP contribution in [0.5, 0.6) is 0 Å². The first kappa shape index (κ1) is 16.4. The van der Waals surface area contributed by atoms with E-state index in [1.54, 1.807) is 0 Å². The zero-order chi connectivity index (χ0) is 16.8. The molecule has 23 heavy (non-hydrogen) atoms. The molecule has 0 atom stereocenters. The minimum Gasteiger partial charge on any atom is -0.267 e. The SMILES string of the molecule is CC(C)/C(=N/NC(=O)c1ccc([N+](=O)[O-])cc1)c1ccccc1. The molecule has 0 aliphatic rings. The molecule has 2 rings (SSSR count). The van der Waals surface area contributed by atoms with E-state index in [0.29, 0.717) is 5.56 Å². The Morgan fingerprint density at radius 1 is 1.04 bits per heavy atom. The van der Waals surface area contributed by atoms with Crippen molar-refractivity contribution in [3.05, 3.63) is 75.8 Å². The second-order valence-corrected chi connectivity index (χ2v) is 5.26. The summed E-state index contributed by atoms with van der Waals surface area (Å²) in [6.45, 7) is 3.98. The number of nitro benzene ring substituents is 1. The third-order valence-electron chi connectivity index (χ3n) is 3.23. The van der Waals surface area contributed by atoms with Gasteiger partial charge in [0.15, 0.2) is 0 Å². The smallest absolute Gasteiger partial charge is 0.267 e. The van der Waals surface area contributed by atoms with E-state index >= 15 is 0 Å². The molecule has 0 radical (unpaired) electrons. The third-order valence-corrected chi connectivity index (χ3v) is 3.23. The Morgan fingerprint density at radius 3 is 2.17 bits per heavy atom. The minimum atomic E-state index is -0.508. The molecule has 0 saturated carbocycles. The van der Waals surface area contributed by atoms with E-state index in [-0.39, 0.29) is 11.6 Å². The van der Waals surface area contributed by atoms with Crippen LogP contribution in [0.25, 0.3) is 0 Å². The number of amides is 1. The van der Waals surface area contributed by atoms with Crippen molar-refractivity contribution in [2.75, 3.05) is 0 Å². The number of hydrazone groups is 1. The number of benzene rings is 2. The maximum absolute atomic E-state index is 12.1. The van der Waals surface area contributed by atoms with Gasteiger partial charge in [0.1, 0.15) is 0 Å². The number of nitrogens with zero attached hydrogens (tertiary/aromatic N) is 2. The van der Waals surface area contributed by atoms with E-state index in [1.807, 2.05) is 44.2 Å². The average molecular weight is 311 g/mol. The maximum atomic E-state index is 12.1. The zero-order valence-electron chi connectivity index (χ0n) is 12.9. The molecule has 0 bridgehead atoms. The highest BCUT2D eigenvalue weighted by Gasteiger charge is 2.11. The Balaban J connectivity index is 2.16. The lowest BCUT2D eigenvalue weighted by molar-refractivity contribution is -0.384. The van der Waals surface area contributed by atoms with Crippen LogP contribution in [-0.4, -0.2) is 16.5 Å². The van der Waals surface area contributed by atoms with Gasteiger partial charge in [0.25, 0.3) is 11.6 Å². The van der Waals surface area contributed by atoms with Crippen LogP contribution >= 0.6 is 0 Å². The Labute approximate surface area is 134 Å². The van der Waals surface area contributed by atoms with Gasteiger partial charge in [-0.15, -0.1) is 0 Å². The van der Waals surface area contributed by atoms with Crippen LogP contribution in [0.15, 0.2) is 59.7 Å². The summed E-state index contributed by atoms with van der Waals surface area (Å²) in [6.07, 6.45) is 0. The highest BCUT2D eigenvalue weighted by atomic mass is 16.6. The topological polar surface area (TPSA) is 84.6 Å². The number of non-ortho nitro benzene ring substituents is 1. The van der Waals surface area contributed by atoms with Crippen LogP contribution in [0.4, 0.5) is 5.69 Å². The second kappa shape index (κ2) is 7.31. The Morgan fingerprint density at radius 2 is 1.65 bits per heavy atom. The molecule has 118 valence electrons. The van der Waals surface area contributed by atoms with Crippen molar-refractivity contribution >= 4 is 17.3 Å². The summed E-state index contributed by atoms with van der Waals surface area (Å²) in [6, 6.07) is 15.0. The number of nitro groups is 1. The first-order chi connectivity index (χ1) is 11.0. The number of hydrogen-bond donors (Lipinski definition) is 1. The van der Waals surface area contributed by atoms with Gasteiger partial charge in [-0.25, -0.2) is 5.43 Å². The van der Waals surface area contributed by atoms with Crippen LogP contribution in [0.2, 0.25) is 0 Å². The van der Waals surface area contributed by atoms with E-state index in [2.05, 4.69) is 10.5 Å².